The number of rotatable bonds is 2. The van der Waals surface area contributed by atoms with Crippen molar-refractivity contribution in [2.45, 2.75) is 10.4 Å². The fourth-order valence-corrected chi connectivity index (χ4v) is 1.67. The predicted molar refractivity (Wildman–Crippen MR) is 54.5 cm³/mol. The molecule has 0 amide bonds. The van der Waals surface area contributed by atoms with E-state index in [1.54, 1.807) is 0 Å². The van der Waals surface area contributed by atoms with E-state index in [9.17, 15) is 0 Å². The molecule has 0 heterocycles. The molecule has 0 aliphatic rings. The van der Waals surface area contributed by atoms with E-state index < -0.39 is 3.96 Å². The highest BCUT2D eigenvalue weighted by Gasteiger charge is 2.15. The van der Waals surface area contributed by atoms with Gasteiger partial charge in [0, 0.05) is 16.7 Å². The van der Waals surface area contributed by atoms with E-state index >= 15 is 0 Å². The lowest BCUT2D eigenvalue weighted by molar-refractivity contribution is 1.02. The summed E-state index contributed by atoms with van der Waals surface area (Å²) in [6.45, 7) is 0. The largest absolute Gasteiger partial charge is 0.107 e. The average molecular weight is 205 g/mol. The maximum absolute atomic E-state index is 5.89. The van der Waals surface area contributed by atoms with E-state index in [1.807, 2.05) is 30.3 Å². The first-order chi connectivity index (χ1) is 5.08. The van der Waals surface area contributed by atoms with Gasteiger partial charge >= 0.3 is 0 Å². The lowest BCUT2D eigenvalue weighted by Gasteiger charge is -2.12. The van der Waals surface area contributed by atoms with E-state index in [0.29, 0.717) is 0 Å². The Balaban J connectivity index is 2.66. The molecule has 1 aromatic rings. The molecule has 0 bridgehead atoms. The van der Waals surface area contributed by atoms with Crippen LogP contribution in [0.25, 0.3) is 0 Å². The van der Waals surface area contributed by atoms with Gasteiger partial charge in [0.25, 0.3) is 0 Å². The molecule has 1 aromatic carbocycles. The van der Waals surface area contributed by atoms with E-state index in [1.165, 1.54) is 5.56 Å². The molecule has 0 nitrogen and oxygen atoms in total. The molecule has 0 unspecified atom stereocenters. The van der Waals surface area contributed by atoms with E-state index in [4.69, 9.17) is 23.2 Å². The molecular weight excluding hydrogens is 195 g/mol. The summed E-state index contributed by atoms with van der Waals surface area (Å²) in [7, 11) is 0.794. The van der Waals surface area contributed by atoms with Crippen molar-refractivity contribution < 1.29 is 0 Å². The van der Waals surface area contributed by atoms with Gasteiger partial charge in [-0.2, -0.15) is 0 Å². The average Bonchev–Trinajstić information content (AvgIpc) is 1.85. The summed E-state index contributed by atoms with van der Waals surface area (Å²) in [6, 6.07) is 10.1. The third kappa shape index (κ3) is 3.80. The Bertz CT molecular complexity index is 215. The Labute approximate surface area is 79.9 Å². The molecule has 0 saturated carbocycles. The van der Waals surface area contributed by atoms with Gasteiger partial charge in [0.15, 0.2) is 0 Å². The molecule has 1 rings (SSSR count). The van der Waals surface area contributed by atoms with Crippen molar-refractivity contribution in [1.82, 2.24) is 0 Å². The van der Waals surface area contributed by atoms with Crippen LogP contribution in [-0.4, -0.2) is 14.2 Å². The van der Waals surface area contributed by atoms with Crippen LogP contribution < -0.4 is 0 Å². The molecule has 3 heteroatoms. The second kappa shape index (κ2) is 3.61. The molecule has 11 heavy (non-hydrogen) atoms. The smallest absolute Gasteiger partial charge is 0.101 e. The Kier molecular flexibility index (Phi) is 2.99. The first kappa shape index (κ1) is 9.11. The van der Waals surface area contributed by atoms with Crippen molar-refractivity contribution >= 4 is 33.4 Å². The molecule has 0 spiro atoms. The van der Waals surface area contributed by atoms with Gasteiger partial charge in [-0.3, -0.25) is 0 Å². The number of hydrogen-bond donors (Lipinski definition) is 0. The van der Waals surface area contributed by atoms with Crippen molar-refractivity contribution in [2.24, 2.45) is 0 Å². The van der Waals surface area contributed by atoms with Crippen LogP contribution in [-0.2, 0) is 6.42 Å². The van der Waals surface area contributed by atoms with Crippen LogP contribution in [0.1, 0.15) is 5.56 Å². The van der Waals surface area contributed by atoms with Gasteiger partial charge in [0.1, 0.15) is 3.96 Å². The lowest BCUT2D eigenvalue weighted by Crippen LogP contribution is -2.15. The first-order valence-electron chi connectivity index (χ1n) is 3.50. The molecule has 0 aliphatic carbocycles. The van der Waals surface area contributed by atoms with Crippen molar-refractivity contribution in [3.05, 3.63) is 35.9 Å². The monoisotopic (exact) mass is 204 g/mol. The highest BCUT2D eigenvalue weighted by molar-refractivity contribution is 6.65. The first-order valence-corrected chi connectivity index (χ1v) is 5.25. The Morgan fingerprint density at radius 2 is 1.73 bits per heavy atom. The summed E-state index contributed by atoms with van der Waals surface area (Å²) in [6.07, 6.45) is 0.753. The molecule has 0 aromatic heterocycles. The molecule has 0 saturated heterocycles. The van der Waals surface area contributed by atoms with Gasteiger partial charge in [-0.15, -0.1) is 23.2 Å². The molecular formula is C8H10Cl2Si. The van der Waals surface area contributed by atoms with E-state index in [-0.39, 0.29) is 0 Å². The van der Waals surface area contributed by atoms with Gasteiger partial charge in [0.05, 0.1) is 0 Å². The number of halogens is 2. The zero-order chi connectivity index (χ0) is 8.32. The normalized spacial score (nSPS) is 11.8. The minimum absolute atomic E-state index is 0.513. The summed E-state index contributed by atoms with van der Waals surface area (Å²) >= 11 is 11.8. The van der Waals surface area contributed by atoms with Crippen LogP contribution in [0.2, 0.25) is 0 Å². The van der Waals surface area contributed by atoms with Gasteiger partial charge < -0.3 is 0 Å². The van der Waals surface area contributed by atoms with Crippen LogP contribution in [0.5, 0.6) is 0 Å². The number of benzene rings is 1. The van der Waals surface area contributed by atoms with Crippen LogP contribution in [0, 0.1) is 0 Å². The van der Waals surface area contributed by atoms with Crippen LogP contribution in [0.4, 0.5) is 0 Å². The molecule has 0 atom stereocenters. The third-order valence-corrected chi connectivity index (χ3v) is 1.98. The predicted octanol–water partition coefficient (Wildman–Crippen LogP) is 1.73. The van der Waals surface area contributed by atoms with Crippen molar-refractivity contribution in [3.63, 3.8) is 0 Å². The molecule has 60 valence electrons. The molecule has 0 N–H and O–H groups in total. The second-order valence-electron chi connectivity index (χ2n) is 2.73. The van der Waals surface area contributed by atoms with Gasteiger partial charge in [-0.25, -0.2) is 0 Å². The summed E-state index contributed by atoms with van der Waals surface area (Å²) in [5.41, 5.74) is 1.20. The summed E-state index contributed by atoms with van der Waals surface area (Å²) < 4.78 is -0.513. The maximum Gasteiger partial charge on any atom is 0.101 e. The SMILES string of the molecule is [SiH3]C(Cl)(Cl)Cc1ccccc1. The summed E-state index contributed by atoms with van der Waals surface area (Å²) in [5, 5.41) is 0. The quantitative estimate of drug-likeness (QED) is 0.509. The summed E-state index contributed by atoms with van der Waals surface area (Å²) in [5.74, 6) is 0. The Morgan fingerprint density at radius 3 is 2.18 bits per heavy atom. The van der Waals surface area contributed by atoms with Crippen molar-refractivity contribution in [2.75, 3.05) is 0 Å². The van der Waals surface area contributed by atoms with Crippen molar-refractivity contribution in [3.8, 4) is 0 Å². The number of hydrogen-bond acceptors (Lipinski definition) is 0. The molecule has 0 aliphatic heterocycles. The fourth-order valence-electron chi connectivity index (χ4n) is 0.954. The topological polar surface area (TPSA) is 0 Å². The van der Waals surface area contributed by atoms with Gasteiger partial charge in [-0.1, -0.05) is 30.3 Å². The maximum atomic E-state index is 5.89. The van der Waals surface area contributed by atoms with Crippen molar-refractivity contribution in [1.29, 1.82) is 0 Å². The minimum Gasteiger partial charge on any atom is -0.107 e. The molecule has 0 radical (unpaired) electrons. The second-order valence-corrected chi connectivity index (χ2v) is 7.57. The highest BCUT2D eigenvalue weighted by atomic mass is 35.5. The lowest BCUT2D eigenvalue weighted by atomic mass is 10.2. The highest BCUT2D eigenvalue weighted by Crippen LogP contribution is 2.21. The zero-order valence-corrected chi connectivity index (χ0v) is 9.86. The van der Waals surface area contributed by atoms with Crippen LogP contribution >= 0.6 is 23.2 Å². The van der Waals surface area contributed by atoms with Crippen LogP contribution in [0.15, 0.2) is 30.3 Å². The van der Waals surface area contributed by atoms with Gasteiger partial charge in [-0.05, 0) is 5.56 Å². The minimum atomic E-state index is -0.513. The zero-order valence-electron chi connectivity index (χ0n) is 6.35. The number of alkyl halides is 2. The third-order valence-electron chi connectivity index (χ3n) is 1.36. The van der Waals surface area contributed by atoms with E-state index in [0.717, 1.165) is 16.7 Å². The van der Waals surface area contributed by atoms with Crippen LogP contribution in [0.3, 0.4) is 0 Å². The Morgan fingerprint density at radius 1 is 1.18 bits per heavy atom. The standard InChI is InChI=1S/C8H10Cl2Si/c9-8(10,11)6-7-4-2-1-3-5-7/h1-5H,6H2,11H3. The summed E-state index contributed by atoms with van der Waals surface area (Å²) in [4.78, 5) is 0. The fraction of sp³-hybridized carbons (Fsp3) is 0.250. The Hall–Kier alpha value is 0.0169. The van der Waals surface area contributed by atoms with Gasteiger partial charge in [0.2, 0.25) is 0 Å². The molecule has 0 fully saturated rings. The van der Waals surface area contributed by atoms with E-state index in [2.05, 4.69) is 0 Å².